The highest BCUT2D eigenvalue weighted by molar-refractivity contribution is 7.82. The Kier molecular flexibility index (Phi) is 3.06. The number of nitrogens with one attached hydrogen (secondary N) is 2. The second kappa shape index (κ2) is 5.10. The van der Waals surface area contributed by atoms with Gasteiger partial charge in [-0.1, -0.05) is 36.5 Å². The van der Waals surface area contributed by atoms with Gasteiger partial charge in [0.25, 0.3) is 11.8 Å². The molecule has 2 aliphatic rings. The van der Waals surface area contributed by atoms with Crippen molar-refractivity contribution in [1.29, 1.82) is 0 Å². The number of pyridine rings is 1. The van der Waals surface area contributed by atoms with Gasteiger partial charge in [0.15, 0.2) is 4.99 Å². The van der Waals surface area contributed by atoms with Crippen LogP contribution in [0, 0.1) is 0 Å². The molecule has 2 aromatic rings. The molecule has 0 saturated carbocycles. The number of fused-ring (bicyclic) bond motifs is 3. The van der Waals surface area contributed by atoms with Crippen molar-refractivity contribution in [2.24, 2.45) is 0 Å². The molecule has 1 saturated heterocycles. The lowest BCUT2D eigenvalue weighted by Crippen LogP contribution is -2.50. The monoisotopic (exact) mass is 321 g/mol. The van der Waals surface area contributed by atoms with Crippen LogP contribution in [0.3, 0.4) is 0 Å². The van der Waals surface area contributed by atoms with Crippen LogP contribution in [0.1, 0.15) is 17.0 Å². The predicted octanol–water partition coefficient (Wildman–Crippen LogP) is 1.65. The third-order valence-corrected chi connectivity index (χ3v) is 4.32. The van der Waals surface area contributed by atoms with Crippen LogP contribution in [0.25, 0.3) is 11.1 Å². The number of rotatable bonds is 1. The van der Waals surface area contributed by atoms with Crippen LogP contribution >= 0.6 is 12.2 Å². The fraction of sp³-hybridized carbons (Fsp3) is 0.0588. The van der Waals surface area contributed by atoms with E-state index in [-0.39, 0.29) is 16.6 Å². The van der Waals surface area contributed by atoms with Crippen molar-refractivity contribution in [2.45, 2.75) is 5.92 Å². The number of carbonyl (C=O) groups is 2. The van der Waals surface area contributed by atoms with Gasteiger partial charge in [0.1, 0.15) is 5.70 Å². The predicted molar refractivity (Wildman–Crippen MR) is 88.5 cm³/mol. The molecule has 2 amide bonds. The highest BCUT2D eigenvalue weighted by atomic mass is 32.1. The first-order chi connectivity index (χ1) is 11.1. The molecule has 0 bridgehead atoms. The average Bonchev–Trinajstić information content (AvgIpc) is 2.87. The molecule has 6 heteroatoms. The molecule has 23 heavy (non-hydrogen) atoms. The van der Waals surface area contributed by atoms with Crippen LogP contribution in [0.4, 0.5) is 0 Å². The minimum Gasteiger partial charge on any atom is -0.316 e. The molecule has 1 fully saturated rings. The maximum atomic E-state index is 12.1. The summed E-state index contributed by atoms with van der Waals surface area (Å²) in [6.45, 7) is 0. The molecular formula is C17H11N3O2S. The number of hydrogen-bond acceptors (Lipinski definition) is 4. The maximum absolute atomic E-state index is 12.1. The summed E-state index contributed by atoms with van der Waals surface area (Å²) in [4.78, 5) is 27.8. The number of amides is 2. The van der Waals surface area contributed by atoms with Gasteiger partial charge in [-0.25, -0.2) is 0 Å². The number of thiocarbonyl (C=S) groups is 1. The number of hydrogen-bond donors (Lipinski definition) is 2. The van der Waals surface area contributed by atoms with Crippen molar-refractivity contribution in [3.05, 3.63) is 65.6 Å². The summed E-state index contributed by atoms with van der Waals surface area (Å²) in [5.41, 5.74) is 4.51. The second-order valence-electron chi connectivity index (χ2n) is 5.35. The van der Waals surface area contributed by atoms with E-state index in [1.807, 2.05) is 30.3 Å². The van der Waals surface area contributed by atoms with Crippen molar-refractivity contribution in [1.82, 2.24) is 15.6 Å². The quantitative estimate of drug-likeness (QED) is 0.619. The van der Waals surface area contributed by atoms with Crippen molar-refractivity contribution >= 4 is 29.0 Å². The molecule has 0 radical (unpaired) electrons. The molecular weight excluding hydrogens is 310 g/mol. The lowest BCUT2D eigenvalue weighted by Gasteiger charge is -2.18. The summed E-state index contributed by atoms with van der Waals surface area (Å²) in [5.74, 6) is -1.00. The lowest BCUT2D eigenvalue weighted by molar-refractivity contribution is -0.122. The van der Waals surface area contributed by atoms with E-state index in [0.717, 1.165) is 22.3 Å². The van der Waals surface area contributed by atoms with Crippen LogP contribution in [0.5, 0.6) is 0 Å². The third kappa shape index (κ3) is 2.15. The van der Waals surface area contributed by atoms with Crippen molar-refractivity contribution in [3.8, 4) is 11.1 Å². The van der Waals surface area contributed by atoms with Crippen molar-refractivity contribution in [2.75, 3.05) is 0 Å². The largest absolute Gasteiger partial charge is 0.316 e. The van der Waals surface area contributed by atoms with E-state index in [0.29, 0.717) is 0 Å². The molecule has 112 valence electrons. The normalized spacial score (nSPS) is 20.8. The van der Waals surface area contributed by atoms with Gasteiger partial charge in [0.2, 0.25) is 0 Å². The fourth-order valence-electron chi connectivity index (χ4n) is 3.01. The smallest absolute Gasteiger partial charge is 0.283 e. The third-order valence-electron chi connectivity index (χ3n) is 4.03. The maximum Gasteiger partial charge on any atom is 0.283 e. The standard InChI is InChI=1S/C17H11N3O2S/c21-15-14(19-16(22)17(23)20-15)7-12-10-4-2-1-3-9(10)11-5-6-18-8-13(11)12/h1-8,12H,(H,19,22)(H,20,21,23)/b14-7+. The van der Waals surface area contributed by atoms with Crippen LogP contribution in [0.15, 0.2) is 54.5 Å². The Morgan fingerprint density at radius 3 is 2.65 bits per heavy atom. The van der Waals surface area contributed by atoms with Crippen LogP contribution in [-0.4, -0.2) is 21.8 Å². The van der Waals surface area contributed by atoms with E-state index in [9.17, 15) is 9.59 Å². The Morgan fingerprint density at radius 1 is 1.00 bits per heavy atom. The lowest BCUT2D eigenvalue weighted by atomic mass is 9.96. The molecule has 1 unspecified atom stereocenters. The molecule has 1 aliphatic heterocycles. The van der Waals surface area contributed by atoms with E-state index >= 15 is 0 Å². The topological polar surface area (TPSA) is 71.1 Å². The van der Waals surface area contributed by atoms with Crippen LogP contribution in [0.2, 0.25) is 0 Å². The summed E-state index contributed by atoms with van der Waals surface area (Å²) in [7, 11) is 0. The minimum atomic E-state index is -0.469. The number of benzene rings is 1. The highest BCUT2D eigenvalue weighted by Gasteiger charge is 2.30. The zero-order chi connectivity index (χ0) is 16.0. The average molecular weight is 321 g/mol. The Hall–Kier alpha value is -2.86. The first-order valence-corrected chi connectivity index (χ1v) is 7.47. The van der Waals surface area contributed by atoms with Gasteiger partial charge >= 0.3 is 0 Å². The first-order valence-electron chi connectivity index (χ1n) is 7.07. The number of nitrogens with zero attached hydrogens (tertiary/aromatic N) is 1. The summed E-state index contributed by atoms with van der Waals surface area (Å²) < 4.78 is 0. The Bertz CT molecular complexity index is 859. The van der Waals surface area contributed by atoms with E-state index in [1.165, 1.54) is 0 Å². The molecule has 2 heterocycles. The van der Waals surface area contributed by atoms with Gasteiger partial charge in [-0.2, -0.15) is 0 Å². The van der Waals surface area contributed by atoms with E-state index in [2.05, 4.69) is 15.6 Å². The fourth-order valence-corrected chi connectivity index (χ4v) is 3.15. The molecule has 1 aromatic heterocycles. The number of allylic oxidation sites excluding steroid dienone is 1. The van der Waals surface area contributed by atoms with Gasteiger partial charge in [-0.05, 0) is 34.4 Å². The Morgan fingerprint density at radius 2 is 1.78 bits per heavy atom. The summed E-state index contributed by atoms with van der Waals surface area (Å²) in [6, 6.07) is 9.96. The number of carbonyl (C=O) groups excluding carboxylic acids is 2. The van der Waals surface area contributed by atoms with Gasteiger partial charge in [0, 0.05) is 18.3 Å². The highest BCUT2D eigenvalue weighted by Crippen LogP contribution is 2.45. The van der Waals surface area contributed by atoms with E-state index in [1.54, 1.807) is 18.5 Å². The summed E-state index contributed by atoms with van der Waals surface area (Å²) in [6.07, 6.45) is 5.30. The second-order valence-corrected chi connectivity index (χ2v) is 5.75. The van der Waals surface area contributed by atoms with Gasteiger partial charge < -0.3 is 10.6 Å². The van der Waals surface area contributed by atoms with Crippen molar-refractivity contribution in [3.63, 3.8) is 0 Å². The zero-order valence-electron chi connectivity index (χ0n) is 11.9. The first kappa shape index (κ1) is 13.8. The zero-order valence-corrected chi connectivity index (χ0v) is 12.7. The molecule has 4 rings (SSSR count). The molecule has 0 spiro atoms. The van der Waals surface area contributed by atoms with Crippen LogP contribution < -0.4 is 10.6 Å². The Labute approximate surface area is 137 Å². The molecule has 1 aromatic carbocycles. The van der Waals surface area contributed by atoms with Gasteiger partial charge in [-0.3, -0.25) is 14.6 Å². The molecule has 1 aliphatic carbocycles. The number of aromatic nitrogens is 1. The molecule has 2 N–H and O–H groups in total. The number of piperazine rings is 1. The van der Waals surface area contributed by atoms with E-state index < -0.39 is 11.8 Å². The molecule has 5 nitrogen and oxygen atoms in total. The molecule has 1 atom stereocenters. The summed E-state index contributed by atoms with van der Waals surface area (Å²) >= 11 is 4.79. The van der Waals surface area contributed by atoms with E-state index in [4.69, 9.17) is 12.2 Å². The summed E-state index contributed by atoms with van der Waals surface area (Å²) in [5, 5.41) is 4.95. The van der Waals surface area contributed by atoms with Crippen molar-refractivity contribution < 1.29 is 9.59 Å². The SMILES string of the molecule is O=C1N/C(=C/C2c3ccccc3-c3ccncc32)C(=O)NC1=S. The van der Waals surface area contributed by atoms with Gasteiger partial charge in [0.05, 0.1) is 0 Å². The van der Waals surface area contributed by atoms with Gasteiger partial charge in [-0.15, -0.1) is 0 Å². The van der Waals surface area contributed by atoms with Crippen LogP contribution in [-0.2, 0) is 9.59 Å². The minimum absolute atomic E-state index is 0.110. The Balaban J connectivity index is 1.83.